The van der Waals surface area contributed by atoms with Gasteiger partial charge in [-0.2, -0.15) is 5.10 Å². The van der Waals surface area contributed by atoms with Crippen LogP contribution < -0.4 is 4.74 Å². The minimum absolute atomic E-state index is 0.0951. The molecule has 118 valence electrons. The van der Waals surface area contributed by atoms with E-state index in [9.17, 15) is 0 Å². The predicted octanol–water partition coefficient (Wildman–Crippen LogP) is 2.08. The molecule has 0 aliphatic rings. The lowest BCUT2D eigenvalue weighted by atomic mass is 10.2. The first-order valence-corrected chi connectivity index (χ1v) is 8.44. The molecule has 2 heterocycles. The first-order valence-electron chi connectivity index (χ1n) is 6.70. The van der Waals surface area contributed by atoms with Crippen LogP contribution in [0.1, 0.15) is 24.5 Å². The van der Waals surface area contributed by atoms with Crippen LogP contribution in [0.15, 0.2) is 30.6 Å². The molecule has 0 radical (unpaired) electrons. The van der Waals surface area contributed by atoms with E-state index >= 15 is 0 Å². The fraction of sp³-hybridized carbons (Fsp3) is 0.385. The summed E-state index contributed by atoms with van der Waals surface area (Å²) in [6.45, 7) is 2.71. The molecule has 22 heavy (non-hydrogen) atoms. The van der Waals surface area contributed by atoms with Crippen LogP contribution in [0.2, 0.25) is 0 Å². The lowest BCUT2D eigenvalue weighted by molar-refractivity contribution is 0.239. The molecular formula is C13H20N5OP3. The van der Waals surface area contributed by atoms with Gasteiger partial charge in [-0.05, 0) is 26.1 Å². The highest BCUT2D eigenvalue weighted by Gasteiger charge is 2.16. The van der Waals surface area contributed by atoms with Crippen molar-refractivity contribution in [3.05, 3.63) is 42.1 Å². The van der Waals surface area contributed by atoms with Crippen molar-refractivity contribution in [2.75, 3.05) is 7.05 Å². The third-order valence-corrected chi connectivity index (χ3v) is 3.36. The van der Waals surface area contributed by atoms with Crippen molar-refractivity contribution in [3.8, 4) is 5.88 Å². The summed E-state index contributed by atoms with van der Waals surface area (Å²) < 4.78 is 5.56. The van der Waals surface area contributed by atoms with Crippen molar-refractivity contribution in [1.29, 1.82) is 0 Å². The van der Waals surface area contributed by atoms with E-state index in [4.69, 9.17) is 4.74 Å². The number of hydrogen-bond donors (Lipinski definition) is 0. The molecule has 0 amide bonds. The van der Waals surface area contributed by atoms with Crippen LogP contribution in [0, 0.1) is 0 Å². The minimum atomic E-state index is -0.522. The minimum Gasteiger partial charge on any atom is -0.458 e. The van der Waals surface area contributed by atoms with Gasteiger partial charge in [0.05, 0.1) is 11.7 Å². The Hall–Kier alpha value is -0.790. The summed E-state index contributed by atoms with van der Waals surface area (Å²) in [4.78, 5) is 10.2. The van der Waals surface area contributed by atoms with Crippen molar-refractivity contribution in [2.24, 2.45) is 0 Å². The Balaban J connectivity index is 1.98. The van der Waals surface area contributed by atoms with Crippen LogP contribution in [0.3, 0.4) is 0 Å². The Morgan fingerprint density at radius 1 is 1.18 bits per heavy atom. The number of aromatic nitrogens is 4. The fourth-order valence-electron chi connectivity index (χ4n) is 1.78. The van der Waals surface area contributed by atoms with Gasteiger partial charge in [-0.3, -0.25) is 4.90 Å². The van der Waals surface area contributed by atoms with E-state index in [1.165, 1.54) is 0 Å². The van der Waals surface area contributed by atoms with Crippen molar-refractivity contribution in [1.82, 2.24) is 25.1 Å². The van der Waals surface area contributed by atoms with Gasteiger partial charge < -0.3 is 4.74 Å². The first-order chi connectivity index (χ1) is 10.3. The molecule has 2 rings (SSSR count). The smallest absolute Gasteiger partial charge is 0.234 e. The Labute approximate surface area is 137 Å². The van der Waals surface area contributed by atoms with Gasteiger partial charge in [0.1, 0.15) is 10.6 Å². The fourth-order valence-corrected chi connectivity index (χ4v) is 2.15. The zero-order chi connectivity index (χ0) is 16.2. The van der Waals surface area contributed by atoms with Crippen LogP contribution in [-0.4, -0.2) is 36.9 Å². The van der Waals surface area contributed by atoms with E-state index in [1.807, 2.05) is 25.2 Å². The second-order valence-corrected chi connectivity index (χ2v) is 9.72. The highest BCUT2D eigenvalue weighted by molar-refractivity contribution is 7.56. The van der Waals surface area contributed by atoms with E-state index in [0.717, 1.165) is 11.5 Å². The summed E-state index contributed by atoms with van der Waals surface area (Å²) >= 11 is 0. The monoisotopic (exact) mass is 355 g/mol. The van der Waals surface area contributed by atoms with Gasteiger partial charge in [0, 0.05) is 25.0 Å². The van der Waals surface area contributed by atoms with Crippen LogP contribution in [0.5, 0.6) is 5.88 Å². The largest absolute Gasteiger partial charge is 0.458 e. The Morgan fingerprint density at radius 2 is 1.86 bits per heavy atom. The topological polar surface area (TPSA) is 64.0 Å². The maximum Gasteiger partial charge on any atom is 0.234 e. The second-order valence-electron chi connectivity index (χ2n) is 5.02. The third kappa shape index (κ3) is 5.44. The van der Waals surface area contributed by atoms with Gasteiger partial charge in [0.25, 0.3) is 0 Å². The average molecular weight is 355 g/mol. The first kappa shape index (κ1) is 17.6. The zero-order valence-electron chi connectivity index (χ0n) is 12.5. The van der Waals surface area contributed by atoms with E-state index in [-0.39, 0.29) is 6.04 Å². The lowest BCUT2D eigenvalue weighted by Crippen LogP contribution is -2.24. The van der Waals surface area contributed by atoms with Crippen molar-refractivity contribution in [3.63, 3.8) is 0 Å². The number of hydrogen-bond acceptors (Lipinski definition) is 6. The van der Waals surface area contributed by atoms with E-state index in [0.29, 0.717) is 12.4 Å². The summed E-state index contributed by atoms with van der Waals surface area (Å²) in [5.41, 5.74) is 0.861. The Bertz CT molecular complexity index is 591. The molecule has 4 unspecified atom stereocenters. The summed E-state index contributed by atoms with van der Waals surface area (Å²) in [5, 5.41) is 8.27. The highest BCUT2D eigenvalue weighted by atomic mass is 31.1. The van der Waals surface area contributed by atoms with E-state index in [2.05, 4.69) is 59.7 Å². The molecule has 0 saturated heterocycles. The molecule has 0 aliphatic heterocycles. The predicted molar refractivity (Wildman–Crippen MR) is 96.4 cm³/mol. The molecule has 0 aliphatic carbocycles. The average Bonchev–Trinajstić information content (AvgIpc) is 2.48. The summed E-state index contributed by atoms with van der Waals surface area (Å²) in [6.07, 6.45) is 3.50. The van der Waals surface area contributed by atoms with Gasteiger partial charge in [0.15, 0.2) is 0 Å². The van der Waals surface area contributed by atoms with Gasteiger partial charge in [-0.15, -0.1) is 5.10 Å². The van der Waals surface area contributed by atoms with Crippen LogP contribution >= 0.6 is 27.7 Å². The summed E-state index contributed by atoms with van der Waals surface area (Å²) in [7, 11) is 9.63. The Kier molecular flexibility index (Phi) is 6.11. The van der Waals surface area contributed by atoms with Gasteiger partial charge >= 0.3 is 0 Å². The molecular weight excluding hydrogens is 335 g/mol. The number of ether oxygens (including phenoxy) is 1. The maximum atomic E-state index is 5.56. The second kappa shape index (κ2) is 7.66. The van der Waals surface area contributed by atoms with E-state index < -0.39 is 4.82 Å². The third-order valence-electron chi connectivity index (χ3n) is 3.01. The number of nitrogens with zero attached hydrogens (tertiary/aromatic N) is 5. The molecule has 4 atom stereocenters. The van der Waals surface area contributed by atoms with Gasteiger partial charge in [-0.25, -0.2) is 9.97 Å². The molecule has 2 aromatic rings. The van der Waals surface area contributed by atoms with Gasteiger partial charge in [0.2, 0.25) is 5.88 Å². The normalized spacial score (nSPS) is 13.2. The van der Waals surface area contributed by atoms with Crippen LogP contribution in [0.25, 0.3) is 0 Å². The molecule has 6 nitrogen and oxygen atoms in total. The van der Waals surface area contributed by atoms with E-state index in [1.54, 1.807) is 12.4 Å². The van der Waals surface area contributed by atoms with Crippen molar-refractivity contribution >= 4 is 27.7 Å². The zero-order valence-corrected chi connectivity index (χ0v) is 16.0. The highest BCUT2D eigenvalue weighted by Crippen LogP contribution is 2.35. The SMILES string of the molecule is CC(c1ncccn1)N(C)Cc1ccc(OC(P)(P)P)nn1. The standard InChI is InChI=1S/C13H20N5OP3/c1-9(12-14-6-3-7-15-12)18(2)8-10-4-5-11(17-16-10)19-13(20,21)22/h3-7,9H,8,20-22H2,1-2H3. The van der Waals surface area contributed by atoms with Gasteiger partial charge in [-0.1, -0.05) is 27.7 Å². The van der Waals surface area contributed by atoms with Crippen LogP contribution in [-0.2, 0) is 6.54 Å². The van der Waals surface area contributed by atoms with Crippen molar-refractivity contribution in [2.45, 2.75) is 24.3 Å². The lowest BCUT2D eigenvalue weighted by Gasteiger charge is -2.23. The molecule has 0 saturated carbocycles. The molecule has 0 spiro atoms. The molecule has 0 bridgehead atoms. The molecule has 2 aromatic heterocycles. The van der Waals surface area contributed by atoms with Crippen molar-refractivity contribution < 1.29 is 4.74 Å². The van der Waals surface area contributed by atoms with Crippen LogP contribution in [0.4, 0.5) is 0 Å². The molecule has 0 fully saturated rings. The summed E-state index contributed by atoms with van der Waals surface area (Å²) in [5.74, 6) is 1.27. The summed E-state index contributed by atoms with van der Waals surface area (Å²) in [6, 6.07) is 5.62. The molecule has 0 aromatic carbocycles. The molecule has 0 N–H and O–H groups in total. The Morgan fingerprint density at radius 3 is 2.41 bits per heavy atom. The maximum absolute atomic E-state index is 5.56. The number of rotatable bonds is 6. The molecule has 9 heteroatoms. The quantitative estimate of drug-likeness (QED) is 0.740.